The van der Waals surface area contributed by atoms with E-state index in [-0.39, 0.29) is 31.8 Å². The molecular weight excluding hydrogens is 461 g/mol. The molecule has 11 heteroatoms. The van der Waals surface area contributed by atoms with Gasteiger partial charge < -0.3 is 10.1 Å². The first-order valence-corrected chi connectivity index (χ1v) is 11.6. The predicted molar refractivity (Wildman–Crippen MR) is 114 cm³/mol. The van der Waals surface area contributed by atoms with Crippen molar-refractivity contribution in [2.45, 2.75) is 30.8 Å². The molecule has 2 aromatic carbocycles. The topological polar surface area (TPSA) is 92.8 Å². The molecule has 1 aliphatic rings. The van der Waals surface area contributed by atoms with E-state index in [1.165, 1.54) is 19.2 Å². The summed E-state index contributed by atoms with van der Waals surface area (Å²) in [6.45, 7) is 1.56. The lowest BCUT2D eigenvalue weighted by Gasteiger charge is -2.31. The van der Waals surface area contributed by atoms with Gasteiger partial charge in [-0.2, -0.15) is 17.5 Å². The van der Waals surface area contributed by atoms with Crippen LogP contribution in [0, 0.1) is 12.8 Å². The Morgan fingerprint density at radius 2 is 1.73 bits per heavy atom. The van der Waals surface area contributed by atoms with Crippen molar-refractivity contribution in [3.63, 3.8) is 0 Å². The van der Waals surface area contributed by atoms with Crippen LogP contribution in [0.5, 0.6) is 0 Å². The van der Waals surface area contributed by atoms with Gasteiger partial charge >= 0.3 is 12.1 Å². The number of halogens is 3. The maximum Gasteiger partial charge on any atom is 0.417 e. The zero-order valence-electron chi connectivity index (χ0n) is 18.0. The number of nitrogens with one attached hydrogen (secondary N) is 1. The molecule has 178 valence electrons. The highest BCUT2D eigenvalue weighted by atomic mass is 32.2. The zero-order valence-corrected chi connectivity index (χ0v) is 18.8. The minimum absolute atomic E-state index is 0.0765. The third kappa shape index (κ3) is 5.36. The molecule has 7 nitrogen and oxygen atoms in total. The van der Waals surface area contributed by atoms with Gasteiger partial charge in [0.15, 0.2) is 0 Å². The van der Waals surface area contributed by atoms with Crippen LogP contribution in [-0.2, 0) is 25.7 Å². The summed E-state index contributed by atoms with van der Waals surface area (Å²) in [7, 11) is -3.10. The van der Waals surface area contributed by atoms with E-state index < -0.39 is 38.5 Å². The number of ether oxygens (including phenoxy) is 1. The number of hydrogen-bond acceptors (Lipinski definition) is 5. The number of benzene rings is 2. The van der Waals surface area contributed by atoms with Gasteiger partial charge in [-0.1, -0.05) is 12.1 Å². The van der Waals surface area contributed by atoms with Gasteiger partial charge in [-0.25, -0.2) is 13.2 Å². The Morgan fingerprint density at radius 3 is 2.30 bits per heavy atom. The second-order valence-corrected chi connectivity index (χ2v) is 9.59. The SMILES string of the molecule is COC(=O)c1ccc(NC(=O)C2CCN(S(=O)(=O)c3ccccc3C(F)(F)F)CC2)c(C)c1. The Kier molecular flexibility index (Phi) is 7.13. The summed E-state index contributed by atoms with van der Waals surface area (Å²) in [5, 5.41) is 2.77. The molecule has 0 spiro atoms. The molecule has 0 aromatic heterocycles. The largest absolute Gasteiger partial charge is 0.465 e. The molecule has 2 aromatic rings. The molecule has 1 aliphatic heterocycles. The van der Waals surface area contributed by atoms with E-state index in [4.69, 9.17) is 0 Å². The fourth-order valence-electron chi connectivity index (χ4n) is 3.71. The van der Waals surface area contributed by atoms with Crippen LogP contribution in [0.25, 0.3) is 0 Å². The second kappa shape index (κ2) is 9.52. The summed E-state index contributed by atoms with van der Waals surface area (Å²) >= 11 is 0. The Bertz CT molecular complexity index is 1160. The quantitative estimate of drug-likeness (QED) is 0.651. The van der Waals surface area contributed by atoms with E-state index in [9.17, 15) is 31.2 Å². The van der Waals surface area contributed by atoms with Gasteiger partial charge in [-0.15, -0.1) is 0 Å². The van der Waals surface area contributed by atoms with Crippen LogP contribution < -0.4 is 5.32 Å². The van der Waals surface area contributed by atoms with Crippen LogP contribution in [-0.4, -0.2) is 44.8 Å². The van der Waals surface area contributed by atoms with E-state index in [0.717, 1.165) is 22.5 Å². The molecule has 0 aliphatic carbocycles. The van der Waals surface area contributed by atoms with E-state index >= 15 is 0 Å². The number of hydrogen-bond donors (Lipinski definition) is 1. The van der Waals surface area contributed by atoms with Crippen LogP contribution >= 0.6 is 0 Å². The van der Waals surface area contributed by atoms with Crippen molar-refractivity contribution < 1.29 is 35.9 Å². The van der Waals surface area contributed by atoms with Crippen molar-refractivity contribution in [1.82, 2.24) is 4.31 Å². The average Bonchev–Trinajstić information content (AvgIpc) is 2.79. The molecule has 0 saturated carbocycles. The highest BCUT2D eigenvalue weighted by Crippen LogP contribution is 2.36. The van der Waals surface area contributed by atoms with E-state index in [1.54, 1.807) is 19.1 Å². The van der Waals surface area contributed by atoms with Gasteiger partial charge in [0, 0.05) is 24.7 Å². The van der Waals surface area contributed by atoms with Gasteiger partial charge in [0.05, 0.1) is 23.1 Å². The van der Waals surface area contributed by atoms with Crippen molar-refractivity contribution in [2.24, 2.45) is 5.92 Å². The molecule has 33 heavy (non-hydrogen) atoms. The Labute approximate surface area is 189 Å². The Hall–Kier alpha value is -2.92. The first-order valence-electron chi connectivity index (χ1n) is 10.1. The fraction of sp³-hybridized carbons (Fsp3) is 0.364. The summed E-state index contributed by atoms with van der Waals surface area (Å²) in [6, 6.07) is 8.73. The molecule has 3 rings (SSSR count). The molecular formula is C22H23F3N2O5S. The Morgan fingerprint density at radius 1 is 1.09 bits per heavy atom. The number of aryl methyl sites for hydroxylation is 1. The monoisotopic (exact) mass is 484 g/mol. The zero-order chi connectivity index (χ0) is 24.4. The molecule has 0 unspecified atom stereocenters. The highest BCUT2D eigenvalue weighted by molar-refractivity contribution is 7.89. The number of carbonyl (C=O) groups is 2. The number of carbonyl (C=O) groups excluding carboxylic acids is 2. The molecule has 1 N–H and O–H groups in total. The number of anilines is 1. The summed E-state index contributed by atoms with van der Waals surface area (Å²) in [5.74, 6) is -1.33. The number of alkyl halides is 3. The van der Waals surface area contributed by atoms with Crippen LogP contribution in [0.2, 0.25) is 0 Å². The lowest BCUT2D eigenvalue weighted by molar-refractivity contribution is -0.139. The van der Waals surface area contributed by atoms with Crippen molar-refractivity contribution >= 4 is 27.6 Å². The molecule has 0 atom stereocenters. The van der Waals surface area contributed by atoms with Crippen molar-refractivity contribution in [2.75, 3.05) is 25.5 Å². The first-order chi connectivity index (χ1) is 15.4. The van der Waals surface area contributed by atoms with E-state index in [1.807, 2.05) is 0 Å². The second-order valence-electron chi connectivity index (χ2n) is 7.68. The normalized spacial score (nSPS) is 15.8. The Balaban J connectivity index is 1.68. The number of sulfonamides is 1. The average molecular weight is 484 g/mol. The minimum Gasteiger partial charge on any atom is -0.465 e. The maximum atomic E-state index is 13.3. The molecule has 1 amide bonds. The van der Waals surface area contributed by atoms with Gasteiger partial charge in [-0.3, -0.25) is 4.79 Å². The number of methoxy groups -OCH3 is 1. The number of nitrogens with zero attached hydrogens (tertiary/aromatic N) is 1. The van der Waals surface area contributed by atoms with E-state index in [2.05, 4.69) is 10.1 Å². The van der Waals surface area contributed by atoms with Crippen LogP contribution in [0.15, 0.2) is 47.4 Å². The fourth-order valence-corrected chi connectivity index (χ4v) is 5.39. The predicted octanol–water partition coefficient (Wildman–Crippen LogP) is 3.84. The van der Waals surface area contributed by atoms with Gasteiger partial charge in [-0.05, 0) is 55.7 Å². The number of piperidine rings is 1. The highest BCUT2D eigenvalue weighted by Gasteiger charge is 2.40. The van der Waals surface area contributed by atoms with Gasteiger partial charge in [0.2, 0.25) is 15.9 Å². The summed E-state index contributed by atoms with van der Waals surface area (Å²) < 4.78 is 71.2. The van der Waals surface area contributed by atoms with Gasteiger partial charge in [0.25, 0.3) is 0 Å². The molecule has 0 bridgehead atoms. The molecule has 1 heterocycles. The van der Waals surface area contributed by atoms with Crippen molar-refractivity contribution in [1.29, 1.82) is 0 Å². The number of esters is 1. The van der Waals surface area contributed by atoms with E-state index in [0.29, 0.717) is 16.8 Å². The molecule has 1 fully saturated rings. The molecule has 1 saturated heterocycles. The summed E-state index contributed by atoms with van der Waals surface area (Å²) in [5.41, 5.74) is 0.276. The van der Waals surface area contributed by atoms with Crippen LogP contribution in [0.1, 0.15) is 34.3 Å². The third-order valence-corrected chi connectivity index (χ3v) is 7.50. The number of rotatable bonds is 5. The summed E-state index contributed by atoms with van der Waals surface area (Å²) in [4.78, 5) is 23.5. The smallest absolute Gasteiger partial charge is 0.417 e. The minimum atomic E-state index is -4.80. The van der Waals surface area contributed by atoms with Gasteiger partial charge in [0.1, 0.15) is 0 Å². The van der Waals surface area contributed by atoms with Crippen LogP contribution in [0.3, 0.4) is 0 Å². The lowest BCUT2D eigenvalue weighted by Crippen LogP contribution is -2.42. The lowest BCUT2D eigenvalue weighted by atomic mass is 9.97. The first kappa shape index (κ1) is 24.7. The van der Waals surface area contributed by atoms with Crippen molar-refractivity contribution in [3.05, 3.63) is 59.2 Å². The summed E-state index contributed by atoms with van der Waals surface area (Å²) in [6.07, 6.45) is -4.47. The van der Waals surface area contributed by atoms with Crippen molar-refractivity contribution in [3.8, 4) is 0 Å². The third-order valence-electron chi connectivity index (χ3n) is 5.54. The maximum absolute atomic E-state index is 13.3. The van der Waals surface area contributed by atoms with Crippen LogP contribution in [0.4, 0.5) is 18.9 Å². The number of amides is 1. The standard InChI is InChI=1S/C22H23F3N2O5S/c1-14-13-16(21(29)32-2)7-8-18(14)26-20(28)15-9-11-27(12-10-15)33(30,31)19-6-4-3-5-17(19)22(23,24)25/h3-8,13,15H,9-12H2,1-2H3,(H,26,28). The molecule has 0 radical (unpaired) electrons.